The van der Waals surface area contributed by atoms with Crippen LogP contribution in [-0.2, 0) is 4.79 Å². The van der Waals surface area contributed by atoms with Gasteiger partial charge in [-0.1, -0.05) is 41.2 Å². The van der Waals surface area contributed by atoms with E-state index in [1.54, 1.807) is 0 Å². The Bertz CT molecular complexity index is 756. The van der Waals surface area contributed by atoms with Crippen molar-refractivity contribution in [1.29, 1.82) is 0 Å². The van der Waals surface area contributed by atoms with Crippen molar-refractivity contribution in [3.8, 4) is 0 Å². The van der Waals surface area contributed by atoms with E-state index in [0.29, 0.717) is 11.0 Å². The van der Waals surface area contributed by atoms with Gasteiger partial charge in [-0.25, -0.2) is 4.79 Å². The van der Waals surface area contributed by atoms with Gasteiger partial charge in [0.15, 0.2) is 0 Å². The Labute approximate surface area is 143 Å². The van der Waals surface area contributed by atoms with Crippen LogP contribution in [0.4, 0.5) is 9.93 Å². The molecule has 1 atom stereocenters. The summed E-state index contributed by atoms with van der Waals surface area (Å²) in [6.07, 6.45) is 2.35. The van der Waals surface area contributed by atoms with Crippen molar-refractivity contribution in [2.24, 2.45) is 5.73 Å². The molecule has 3 amide bonds. The Hall–Kier alpha value is -2.48. The highest BCUT2D eigenvalue weighted by atomic mass is 32.1. The van der Waals surface area contributed by atoms with Gasteiger partial charge in [-0.2, -0.15) is 0 Å². The second-order valence-electron chi connectivity index (χ2n) is 5.95. The Kier molecular flexibility index (Phi) is 4.75. The quantitative estimate of drug-likeness (QED) is 0.747. The number of urea groups is 1. The first-order valence-electron chi connectivity index (χ1n) is 7.77. The summed E-state index contributed by atoms with van der Waals surface area (Å²) in [6, 6.07) is 6.46. The van der Waals surface area contributed by atoms with Crippen molar-refractivity contribution >= 4 is 28.4 Å². The summed E-state index contributed by atoms with van der Waals surface area (Å²) in [4.78, 5) is 23.5. The van der Waals surface area contributed by atoms with E-state index in [-0.39, 0.29) is 12.3 Å². The summed E-state index contributed by atoms with van der Waals surface area (Å²) in [6.45, 7) is 1.95. The molecule has 1 aliphatic carbocycles. The van der Waals surface area contributed by atoms with Crippen molar-refractivity contribution in [3.05, 3.63) is 40.4 Å². The van der Waals surface area contributed by atoms with Crippen LogP contribution in [0.2, 0.25) is 0 Å². The van der Waals surface area contributed by atoms with Gasteiger partial charge in [0, 0.05) is 5.92 Å². The normalized spacial score (nSPS) is 14.9. The van der Waals surface area contributed by atoms with E-state index < -0.39 is 12.1 Å². The second kappa shape index (κ2) is 6.96. The largest absolute Gasteiger partial charge is 0.352 e. The number of hydrogen-bond acceptors (Lipinski definition) is 5. The van der Waals surface area contributed by atoms with Gasteiger partial charge >= 0.3 is 6.03 Å². The van der Waals surface area contributed by atoms with Crippen molar-refractivity contribution < 1.29 is 9.59 Å². The van der Waals surface area contributed by atoms with Gasteiger partial charge in [0.25, 0.3) is 0 Å². The number of nitrogens with zero attached hydrogens (tertiary/aromatic N) is 2. The van der Waals surface area contributed by atoms with Crippen LogP contribution in [0.5, 0.6) is 0 Å². The van der Waals surface area contributed by atoms with Crippen molar-refractivity contribution in [3.63, 3.8) is 0 Å². The molecule has 1 saturated carbocycles. The third-order valence-corrected chi connectivity index (χ3v) is 4.77. The fourth-order valence-electron chi connectivity index (χ4n) is 2.45. The minimum atomic E-state index is -0.666. The Morgan fingerprint density at radius 2 is 2.17 bits per heavy atom. The highest BCUT2D eigenvalue weighted by Crippen LogP contribution is 2.42. The lowest BCUT2D eigenvalue weighted by molar-refractivity contribution is -0.116. The summed E-state index contributed by atoms with van der Waals surface area (Å²) < 4.78 is 0. The molecule has 0 radical (unpaired) electrons. The van der Waals surface area contributed by atoms with Crippen molar-refractivity contribution in [1.82, 2.24) is 15.5 Å². The van der Waals surface area contributed by atoms with Gasteiger partial charge < -0.3 is 16.4 Å². The smallest absolute Gasteiger partial charge is 0.312 e. The third-order valence-electron chi connectivity index (χ3n) is 3.76. The standard InChI is InChI=1S/C16H19N5O2S/c1-9-3-2-4-11(7-9)12(18-15(17)23)8-13(22)19-16-21-20-14(24-16)10-5-6-10/h2-4,7,10,12H,5-6,8H2,1H3,(H3,17,18,23)(H,19,21,22)/t12-/m0/s1. The molecular weight excluding hydrogens is 326 g/mol. The van der Waals surface area contributed by atoms with E-state index in [1.807, 2.05) is 31.2 Å². The molecule has 126 valence electrons. The zero-order chi connectivity index (χ0) is 17.1. The molecule has 1 aliphatic rings. The molecule has 3 rings (SSSR count). The van der Waals surface area contributed by atoms with Gasteiger partial charge in [0.1, 0.15) is 5.01 Å². The maximum atomic E-state index is 12.3. The number of nitrogens with one attached hydrogen (secondary N) is 2. The van der Waals surface area contributed by atoms with E-state index in [1.165, 1.54) is 11.3 Å². The second-order valence-corrected chi connectivity index (χ2v) is 6.96. The minimum absolute atomic E-state index is 0.0741. The van der Waals surface area contributed by atoms with Crippen molar-refractivity contribution in [2.45, 2.75) is 38.1 Å². The van der Waals surface area contributed by atoms with Crippen LogP contribution >= 0.6 is 11.3 Å². The van der Waals surface area contributed by atoms with Gasteiger partial charge in [-0.3, -0.25) is 4.79 Å². The molecule has 1 aromatic carbocycles. The average molecular weight is 345 g/mol. The molecule has 1 fully saturated rings. The van der Waals surface area contributed by atoms with Gasteiger partial charge in [-0.15, -0.1) is 10.2 Å². The zero-order valence-corrected chi connectivity index (χ0v) is 14.1. The van der Waals surface area contributed by atoms with Crippen LogP contribution in [0.3, 0.4) is 0 Å². The van der Waals surface area contributed by atoms with Gasteiger partial charge in [-0.05, 0) is 25.3 Å². The highest BCUT2D eigenvalue weighted by Gasteiger charge is 2.28. The maximum Gasteiger partial charge on any atom is 0.312 e. The molecule has 1 aromatic heterocycles. The van der Waals surface area contributed by atoms with Crippen LogP contribution < -0.4 is 16.4 Å². The number of aryl methyl sites for hydroxylation is 1. The lowest BCUT2D eigenvalue weighted by Crippen LogP contribution is -2.35. The monoisotopic (exact) mass is 345 g/mol. The average Bonchev–Trinajstić information content (AvgIpc) is 3.27. The molecule has 24 heavy (non-hydrogen) atoms. The predicted octanol–water partition coefficient (Wildman–Crippen LogP) is 2.46. The molecule has 2 aromatic rings. The summed E-state index contributed by atoms with van der Waals surface area (Å²) in [5, 5.41) is 14.9. The van der Waals surface area contributed by atoms with Crippen LogP contribution in [0.1, 0.15) is 47.4 Å². The van der Waals surface area contributed by atoms with Gasteiger partial charge in [0.05, 0.1) is 12.5 Å². The number of anilines is 1. The topological polar surface area (TPSA) is 110 Å². The Morgan fingerprint density at radius 1 is 1.38 bits per heavy atom. The number of carbonyl (C=O) groups excluding carboxylic acids is 2. The maximum absolute atomic E-state index is 12.3. The van der Waals surface area contributed by atoms with Gasteiger partial charge in [0.2, 0.25) is 11.0 Å². The number of hydrogen-bond donors (Lipinski definition) is 3. The number of primary amides is 1. The first-order valence-corrected chi connectivity index (χ1v) is 8.58. The van der Waals surface area contributed by atoms with Crippen LogP contribution in [0.15, 0.2) is 24.3 Å². The summed E-state index contributed by atoms with van der Waals surface area (Å²) in [5.41, 5.74) is 7.12. The predicted molar refractivity (Wildman–Crippen MR) is 91.8 cm³/mol. The summed E-state index contributed by atoms with van der Waals surface area (Å²) >= 11 is 1.40. The molecule has 7 nitrogen and oxygen atoms in total. The molecule has 0 unspecified atom stereocenters. The number of amides is 3. The third kappa shape index (κ3) is 4.29. The number of benzene rings is 1. The van der Waals surface area contributed by atoms with E-state index in [0.717, 1.165) is 29.0 Å². The van der Waals surface area contributed by atoms with E-state index in [9.17, 15) is 9.59 Å². The SMILES string of the molecule is Cc1cccc([C@H](CC(=O)Nc2nnc(C3CC3)s2)NC(N)=O)c1. The molecule has 0 bridgehead atoms. The number of carbonyl (C=O) groups is 2. The molecule has 4 N–H and O–H groups in total. The lowest BCUT2D eigenvalue weighted by atomic mass is 10.0. The Morgan fingerprint density at radius 3 is 2.83 bits per heavy atom. The number of aromatic nitrogens is 2. The minimum Gasteiger partial charge on any atom is -0.352 e. The van der Waals surface area contributed by atoms with E-state index in [2.05, 4.69) is 20.8 Å². The van der Waals surface area contributed by atoms with Crippen LogP contribution in [0.25, 0.3) is 0 Å². The molecule has 0 spiro atoms. The zero-order valence-electron chi connectivity index (χ0n) is 13.3. The highest BCUT2D eigenvalue weighted by molar-refractivity contribution is 7.15. The molecule has 1 heterocycles. The molecule has 0 saturated heterocycles. The Balaban J connectivity index is 1.66. The van der Waals surface area contributed by atoms with Crippen LogP contribution in [0, 0.1) is 6.92 Å². The molecule has 0 aliphatic heterocycles. The van der Waals surface area contributed by atoms with Crippen molar-refractivity contribution in [2.75, 3.05) is 5.32 Å². The number of nitrogens with two attached hydrogens (primary N) is 1. The van der Waals surface area contributed by atoms with E-state index >= 15 is 0 Å². The molecule has 8 heteroatoms. The first kappa shape index (κ1) is 16.4. The number of rotatable bonds is 6. The van der Waals surface area contributed by atoms with E-state index in [4.69, 9.17) is 5.73 Å². The summed E-state index contributed by atoms with van der Waals surface area (Å²) in [7, 11) is 0. The first-order chi connectivity index (χ1) is 11.5. The fourth-order valence-corrected chi connectivity index (χ4v) is 3.38. The van der Waals surface area contributed by atoms with Crippen LogP contribution in [-0.4, -0.2) is 22.1 Å². The molecular formula is C16H19N5O2S. The lowest BCUT2D eigenvalue weighted by Gasteiger charge is -2.17. The summed E-state index contributed by atoms with van der Waals surface area (Å²) in [5.74, 6) is 0.262. The fraction of sp³-hybridized carbons (Fsp3) is 0.375.